The summed E-state index contributed by atoms with van der Waals surface area (Å²) in [7, 11) is -3.76. The van der Waals surface area contributed by atoms with Crippen molar-refractivity contribution in [2.75, 3.05) is 6.61 Å². The number of hydrogen-bond donors (Lipinski definition) is 2. The van der Waals surface area contributed by atoms with E-state index in [0.29, 0.717) is 18.6 Å². The van der Waals surface area contributed by atoms with Crippen molar-refractivity contribution < 1.29 is 23.1 Å². The topological polar surface area (TPSA) is 92.7 Å². The molecule has 0 bridgehead atoms. The Labute approximate surface area is 213 Å². The van der Waals surface area contributed by atoms with E-state index in [2.05, 4.69) is 50.6 Å². The Kier molecular flexibility index (Phi) is 7.25. The molecular formula is C29H33NO5S. The van der Waals surface area contributed by atoms with Gasteiger partial charge < -0.3 is 9.84 Å². The molecule has 1 aliphatic rings. The van der Waals surface area contributed by atoms with Crippen LogP contribution in [0.25, 0.3) is 11.1 Å². The third kappa shape index (κ3) is 5.79. The van der Waals surface area contributed by atoms with Gasteiger partial charge >= 0.3 is 5.97 Å². The van der Waals surface area contributed by atoms with Crippen LogP contribution in [0.3, 0.4) is 0 Å². The normalized spacial score (nSPS) is 15.8. The number of hydrogen-bond acceptors (Lipinski definition) is 4. The molecule has 3 aromatic rings. The maximum Gasteiger partial charge on any atom is 0.341 e. The minimum absolute atomic E-state index is 0.0167. The molecule has 6 nitrogen and oxygen atoms in total. The molecule has 0 spiro atoms. The molecule has 0 heterocycles. The molecule has 2 N–H and O–H groups in total. The summed E-state index contributed by atoms with van der Waals surface area (Å²) in [5, 5.41) is 8.95. The van der Waals surface area contributed by atoms with Gasteiger partial charge in [0.15, 0.2) is 6.61 Å². The van der Waals surface area contributed by atoms with Gasteiger partial charge in [-0.3, -0.25) is 0 Å². The second-order valence-corrected chi connectivity index (χ2v) is 12.1. The highest BCUT2D eigenvalue weighted by Crippen LogP contribution is 2.36. The minimum atomic E-state index is -3.76. The lowest BCUT2D eigenvalue weighted by atomic mass is 9.84. The second-order valence-electron chi connectivity index (χ2n) is 10.4. The minimum Gasteiger partial charge on any atom is -0.482 e. The summed E-state index contributed by atoms with van der Waals surface area (Å²) in [5.41, 5.74) is 6.14. The SMILES string of the molecule is Cc1cc(-c2ccc(S(=O)(=O)NC3CCCc4c(OCC(=O)O)cccc43)cc2)cc(C(C)(C)C)c1. The fourth-order valence-corrected chi connectivity index (χ4v) is 5.93. The van der Waals surface area contributed by atoms with E-state index in [1.807, 2.05) is 18.2 Å². The first kappa shape index (κ1) is 25.9. The molecule has 0 fully saturated rings. The number of fused-ring (bicyclic) bond motifs is 1. The van der Waals surface area contributed by atoms with Crippen molar-refractivity contribution in [1.29, 1.82) is 0 Å². The first-order chi connectivity index (χ1) is 16.9. The highest BCUT2D eigenvalue weighted by Gasteiger charge is 2.28. The number of aliphatic carboxylic acids is 1. The van der Waals surface area contributed by atoms with Crippen molar-refractivity contribution in [2.24, 2.45) is 0 Å². The van der Waals surface area contributed by atoms with Crippen LogP contribution >= 0.6 is 0 Å². The third-order valence-corrected chi connectivity index (χ3v) is 8.04. The van der Waals surface area contributed by atoms with Crippen LogP contribution in [0.1, 0.15) is 61.9 Å². The van der Waals surface area contributed by atoms with Crippen LogP contribution in [-0.2, 0) is 26.7 Å². The first-order valence-electron chi connectivity index (χ1n) is 12.2. The fourth-order valence-electron chi connectivity index (χ4n) is 4.68. The molecular weight excluding hydrogens is 474 g/mol. The number of nitrogens with one attached hydrogen (secondary N) is 1. The molecule has 1 aliphatic carbocycles. The number of benzene rings is 3. The van der Waals surface area contributed by atoms with Crippen LogP contribution < -0.4 is 9.46 Å². The van der Waals surface area contributed by atoms with E-state index in [1.165, 1.54) is 11.1 Å². The summed E-state index contributed by atoms with van der Waals surface area (Å²) < 4.78 is 34.9. The zero-order valence-electron chi connectivity index (χ0n) is 21.2. The zero-order chi connectivity index (χ0) is 26.1. The largest absolute Gasteiger partial charge is 0.482 e. The van der Waals surface area contributed by atoms with Crippen LogP contribution in [0.4, 0.5) is 0 Å². The van der Waals surface area contributed by atoms with Crippen LogP contribution in [0.5, 0.6) is 5.75 Å². The molecule has 0 saturated heterocycles. The molecule has 0 radical (unpaired) electrons. The van der Waals surface area contributed by atoms with Crippen molar-refractivity contribution in [3.63, 3.8) is 0 Å². The lowest BCUT2D eigenvalue weighted by molar-refractivity contribution is -0.139. The van der Waals surface area contributed by atoms with Gasteiger partial charge in [-0.2, -0.15) is 0 Å². The van der Waals surface area contributed by atoms with Gasteiger partial charge in [-0.05, 0) is 77.6 Å². The van der Waals surface area contributed by atoms with Gasteiger partial charge in [0.25, 0.3) is 0 Å². The first-order valence-corrected chi connectivity index (χ1v) is 13.6. The molecule has 0 amide bonds. The summed E-state index contributed by atoms with van der Waals surface area (Å²) in [5.74, 6) is -0.555. The van der Waals surface area contributed by atoms with Gasteiger partial charge in [0, 0.05) is 6.04 Å². The molecule has 0 aromatic heterocycles. The average molecular weight is 508 g/mol. The lowest BCUT2D eigenvalue weighted by Gasteiger charge is -2.27. The standard InChI is InChI=1S/C29H33NO5S/c1-19-15-21(17-22(16-19)29(2,3)4)20-11-13-23(14-12-20)36(33,34)30-26-9-5-8-25-24(26)7-6-10-27(25)35-18-28(31)32/h6-7,10-17,26,30H,5,8-9,18H2,1-4H3,(H,31,32). The highest BCUT2D eigenvalue weighted by molar-refractivity contribution is 7.89. The molecule has 7 heteroatoms. The summed E-state index contributed by atoms with van der Waals surface area (Å²) in [6.45, 7) is 8.17. The number of rotatable bonds is 7. The van der Waals surface area contributed by atoms with E-state index in [0.717, 1.165) is 28.7 Å². The number of sulfonamides is 1. The van der Waals surface area contributed by atoms with E-state index in [4.69, 9.17) is 9.84 Å². The molecule has 3 aromatic carbocycles. The summed E-state index contributed by atoms with van der Waals surface area (Å²) >= 11 is 0. The quantitative estimate of drug-likeness (QED) is 0.423. The van der Waals surface area contributed by atoms with Gasteiger partial charge in [-0.1, -0.05) is 68.8 Å². The van der Waals surface area contributed by atoms with Gasteiger partial charge in [0.2, 0.25) is 10.0 Å². The van der Waals surface area contributed by atoms with Gasteiger partial charge in [0.1, 0.15) is 5.75 Å². The molecule has 1 unspecified atom stereocenters. The van der Waals surface area contributed by atoms with Gasteiger partial charge in [0.05, 0.1) is 4.90 Å². The fraction of sp³-hybridized carbons (Fsp3) is 0.345. The molecule has 190 valence electrons. The predicted molar refractivity (Wildman–Crippen MR) is 141 cm³/mol. The van der Waals surface area contributed by atoms with E-state index >= 15 is 0 Å². The number of carboxylic acid groups (broad SMARTS) is 1. The predicted octanol–water partition coefficient (Wildman–Crippen LogP) is 5.78. The maximum atomic E-state index is 13.3. The third-order valence-electron chi connectivity index (χ3n) is 6.55. The van der Waals surface area contributed by atoms with Crippen molar-refractivity contribution in [3.8, 4) is 16.9 Å². The lowest BCUT2D eigenvalue weighted by Crippen LogP contribution is -2.31. The van der Waals surface area contributed by atoms with E-state index in [9.17, 15) is 13.2 Å². The van der Waals surface area contributed by atoms with E-state index in [1.54, 1.807) is 24.3 Å². The van der Waals surface area contributed by atoms with Crippen LogP contribution in [-0.4, -0.2) is 26.1 Å². The number of carbonyl (C=O) groups is 1. The Morgan fingerprint density at radius 1 is 1.06 bits per heavy atom. The van der Waals surface area contributed by atoms with Crippen molar-refractivity contribution in [2.45, 2.75) is 63.3 Å². The Morgan fingerprint density at radius 3 is 2.44 bits per heavy atom. The van der Waals surface area contributed by atoms with Gasteiger partial charge in [-0.15, -0.1) is 0 Å². The molecule has 0 saturated carbocycles. The molecule has 36 heavy (non-hydrogen) atoms. The molecule has 1 atom stereocenters. The smallest absolute Gasteiger partial charge is 0.341 e. The van der Waals surface area contributed by atoms with Crippen molar-refractivity contribution >= 4 is 16.0 Å². The van der Waals surface area contributed by atoms with E-state index < -0.39 is 28.6 Å². The molecule has 4 rings (SSSR count). The monoisotopic (exact) mass is 507 g/mol. The van der Waals surface area contributed by atoms with Crippen LogP contribution in [0, 0.1) is 6.92 Å². The van der Waals surface area contributed by atoms with Crippen molar-refractivity contribution in [3.05, 3.63) is 82.9 Å². The highest BCUT2D eigenvalue weighted by atomic mass is 32.2. The maximum absolute atomic E-state index is 13.3. The van der Waals surface area contributed by atoms with Gasteiger partial charge in [-0.25, -0.2) is 17.9 Å². The second kappa shape index (κ2) is 10.1. The summed E-state index contributed by atoms with van der Waals surface area (Å²) in [4.78, 5) is 11.1. The molecule has 0 aliphatic heterocycles. The summed E-state index contributed by atoms with van der Waals surface area (Å²) in [6.07, 6.45) is 2.15. The Balaban J connectivity index is 1.57. The Morgan fingerprint density at radius 2 is 1.78 bits per heavy atom. The summed E-state index contributed by atoms with van der Waals surface area (Å²) in [6, 6.07) is 18.4. The zero-order valence-corrected chi connectivity index (χ0v) is 22.0. The number of ether oxygens (including phenoxy) is 1. The van der Waals surface area contributed by atoms with Crippen LogP contribution in [0.15, 0.2) is 65.6 Å². The number of carboxylic acids is 1. The van der Waals surface area contributed by atoms with Crippen molar-refractivity contribution in [1.82, 2.24) is 4.72 Å². The van der Waals surface area contributed by atoms with Crippen LogP contribution in [0.2, 0.25) is 0 Å². The average Bonchev–Trinajstić information content (AvgIpc) is 2.82. The Hall–Kier alpha value is -3.16. The number of aryl methyl sites for hydroxylation is 1. The van der Waals surface area contributed by atoms with E-state index in [-0.39, 0.29) is 10.3 Å². The Bertz CT molecular complexity index is 1370.